The molecule has 5 heteroatoms. The van der Waals surface area contributed by atoms with Gasteiger partial charge in [-0.3, -0.25) is 14.4 Å². The van der Waals surface area contributed by atoms with Crippen molar-refractivity contribution in [3.8, 4) is 11.5 Å². The fourth-order valence-corrected chi connectivity index (χ4v) is 3.49. The van der Waals surface area contributed by atoms with Crippen LogP contribution in [0.5, 0.6) is 11.5 Å². The van der Waals surface area contributed by atoms with Crippen LogP contribution in [0.2, 0.25) is 0 Å². The van der Waals surface area contributed by atoms with E-state index in [4.69, 9.17) is 0 Å². The Balaban J connectivity index is 2.09. The van der Waals surface area contributed by atoms with Gasteiger partial charge in [-0.25, -0.2) is 0 Å². The van der Waals surface area contributed by atoms with Gasteiger partial charge >= 0.3 is 0 Å². The third kappa shape index (κ3) is 1.72. The summed E-state index contributed by atoms with van der Waals surface area (Å²) in [6, 6.07) is 7.42. The highest BCUT2D eigenvalue weighted by Gasteiger charge is 2.42. The summed E-state index contributed by atoms with van der Waals surface area (Å²) in [6.45, 7) is 1.77. The minimum Gasteiger partial charge on any atom is -0.507 e. The van der Waals surface area contributed by atoms with Gasteiger partial charge in [-0.2, -0.15) is 0 Å². The molecule has 0 unspecified atom stereocenters. The van der Waals surface area contributed by atoms with Gasteiger partial charge in [-0.1, -0.05) is 18.2 Å². The minimum absolute atomic E-state index is 0.0411. The molecule has 0 spiro atoms. The molecule has 0 aromatic heterocycles. The molecule has 0 heterocycles. The molecule has 0 bridgehead atoms. The van der Waals surface area contributed by atoms with Crippen LogP contribution in [-0.4, -0.2) is 27.6 Å². The van der Waals surface area contributed by atoms with E-state index in [-0.39, 0.29) is 45.8 Å². The van der Waals surface area contributed by atoms with Crippen LogP contribution in [0.1, 0.15) is 37.4 Å². The molecule has 2 aliphatic carbocycles. The van der Waals surface area contributed by atoms with Crippen molar-refractivity contribution >= 4 is 22.9 Å². The first-order valence-corrected chi connectivity index (χ1v) is 7.42. The molecule has 2 aromatic carbocycles. The maximum Gasteiger partial charge on any atom is 0.201 e. The van der Waals surface area contributed by atoms with Gasteiger partial charge in [0, 0.05) is 23.1 Å². The Morgan fingerprint density at radius 2 is 1.62 bits per heavy atom. The molecule has 24 heavy (non-hydrogen) atoms. The average molecular weight is 320 g/mol. The quantitative estimate of drug-likeness (QED) is 0.727. The number of phenolic OH excluding ortho intramolecular Hbond substituents is 2. The van der Waals surface area contributed by atoms with Gasteiger partial charge in [0.2, 0.25) is 5.78 Å². The van der Waals surface area contributed by atoms with Crippen LogP contribution in [-0.2, 0) is 11.2 Å². The number of hydrogen-bond acceptors (Lipinski definition) is 5. The Labute approximate surface area is 136 Å². The van der Waals surface area contributed by atoms with Crippen molar-refractivity contribution in [1.82, 2.24) is 0 Å². The molecule has 2 aliphatic rings. The van der Waals surface area contributed by atoms with E-state index in [0.29, 0.717) is 5.56 Å². The van der Waals surface area contributed by atoms with E-state index in [9.17, 15) is 24.6 Å². The summed E-state index contributed by atoms with van der Waals surface area (Å²) in [5, 5.41) is 20.3. The number of benzene rings is 2. The van der Waals surface area contributed by atoms with E-state index in [1.807, 2.05) is 0 Å². The summed E-state index contributed by atoms with van der Waals surface area (Å²) in [5.41, 5.74) is 1.10. The molecule has 2 N–H and O–H groups in total. The Morgan fingerprint density at radius 3 is 2.38 bits per heavy atom. The number of carbonyl (C=O) groups is 3. The first-order chi connectivity index (χ1) is 11.4. The van der Waals surface area contributed by atoms with E-state index in [2.05, 4.69) is 0 Å². The van der Waals surface area contributed by atoms with Crippen LogP contribution in [0.15, 0.2) is 35.9 Å². The molecule has 0 aliphatic heterocycles. The van der Waals surface area contributed by atoms with Crippen LogP contribution in [0, 0.1) is 6.92 Å². The zero-order chi connectivity index (χ0) is 17.2. The van der Waals surface area contributed by atoms with E-state index in [1.54, 1.807) is 13.0 Å². The molecule has 0 saturated carbocycles. The fourth-order valence-electron chi connectivity index (χ4n) is 3.49. The topological polar surface area (TPSA) is 91.7 Å². The molecule has 118 valence electrons. The molecular formula is C19H12O5. The van der Waals surface area contributed by atoms with Crippen molar-refractivity contribution in [2.24, 2.45) is 0 Å². The monoisotopic (exact) mass is 320 g/mol. The number of aromatic hydroxyl groups is 2. The van der Waals surface area contributed by atoms with Gasteiger partial charge in [-0.05, 0) is 30.2 Å². The van der Waals surface area contributed by atoms with Crippen molar-refractivity contribution in [2.45, 2.75) is 13.3 Å². The normalized spacial score (nSPS) is 16.0. The van der Waals surface area contributed by atoms with Crippen LogP contribution in [0.25, 0.3) is 5.57 Å². The van der Waals surface area contributed by atoms with Gasteiger partial charge < -0.3 is 10.2 Å². The summed E-state index contributed by atoms with van der Waals surface area (Å²) in [5.74, 6) is -2.15. The first kappa shape index (κ1) is 14.4. The zero-order valence-corrected chi connectivity index (χ0v) is 12.7. The molecule has 0 fully saturated rings. The van der Waals surface area contributed by atoms with Crippen molar-refractivity contribution in [3.63, 3.8) is 0 Å². The van der Waals surface area contributed by atoms with Gasteiger partial charge in [0.15, 0.2) is 11.6 Å². The molecule has 0 atom stereocenters. The maximum absolute atomic E-state index is 12.9. The van der Waals surface area contributed by atoms with Crippen LogP contribution in [0.4, 0.5) is 0 Å². The smallest absolute Gasteiger partial charge is 0.201 e. The number of hydrogen-bond donors (Lipinski definition) is 2. The number of Topliss-reactive ketones (excluding diaryl/α,β-unsaturated/α-hetero) is 3. The third-order valence-corrected chi connectivity index (χ3v) is 4.44. The van der Waals surface area contributed by atoms with Crippen LogP contribution in [0.3, 0.4) is 0 Å². The van der Waals surface area contributed by atoms with Crippen molar-refractivity contribution < 1.29 is 24.6 Å². The molecule has 5 nitrogen and oxygen atoms in total. The van der Waals surface area contributed by atoms with Crippen LogP contribution >= 0.6 is 0 Å². The number of rotatable bonds is 0. The molecule has 0 radical (unpaired) electrons. The molecular weight excluding hydrogens is 308 g/mol. The lowest BCUT2D eigenvalue weighted by Crippen LogP contribution is -2.30. The van der Waals surface area contributed by atoms with E-state index in [0.717, 1.165) is 5.56 Å². The Hall–Kier alpha value is -3.21. The minimum atomic E-state index is -0.673. The highest BCUT2D eigenvalue weighted by molar-refractivity contribution is 6.49. The molecule has 0 saturated heterocycles. The first-order valence-electron chi connectivity index (χ1n) is 7.42. The lowest BCUT2D eigenvalue weighted by molar-refractivity contribution is -0.114. The van der Waals surface area contributed by atoms with Crippen molar-refractivity contribution in [1.29, 1.82) is 0 Å². The highest BCUT2D eigenvalue weighted by Crippen LogP contribution is 2.43. The SMILES string of the molecule is Cc1cc(O)c2c(c1)CC(=O)C1=C2C(=O)c2cccc(O)c2C1=O. The fraction of sp³-hybridized carbons (Fsp3) is 0.105. The number of carbonyl (C=O) groups excluding carboxylic acids is 3. The number of allylic oxidation sites excluding steroid dienone is 2. The van der Waals surface area contributed by atoms with Gasteiger partial charge in [0.25, 0.3) is 0 Å². The number of ketones is 3. The van der Waals surface area contributed by atoms with Crippen molar-refractivity contribution in [2.75, 3.05) is 0 Å². The van der Waals surface area contributed by atoms with Gasteiger partial charge in [0.05, 0.1) is 11.1 Å². The van der Waals surface area contributed by atoms with Gasteiger partial charge in [-0.15, -0.1) is 0 Å². The largest absolute Gasteiger partial charge is 0.507 e. The molecule has 2 aromatic rings. The average Bonchev–Trinajstić information content (AvgIpc) is 2.50. The maximum atomic E-state index is 12.9. The predicted octanol–water partition coefficient (Wildman–Crippen LogP) is 2.36. The lowest BCUT2D eigenvalue weighted by Gasteiger charge is -2.27. The predicted molar refractivity (Wildman–Crippen MR) is 85.2 cm³/mol. The Bertz CT molecular complexity index is 1010. The van der Waals surface area contributed by atoms with E-state index >= 15 is 0 Å². The third-order valence-electron chi connectivity index (χ3n) is 4.44. The van der Waals surface area contributed by atoms with Crippen LogP contribution < -0.4 is 0 Å². The number of fused-ring (bicyclic) bond motifs is 3. The second kappa shape index (κ2) is 4.64. The second-order valence-electron chi connectivity index (χ2n) is 6.03. The lowest BCUT2D eigenvalue weighted by atomic mass is 9.73. The summed E-state index contributed by atoms with van der Waals surface area (Å²) >= 11 is 0. The standard InChI is InChI=1S/C19H12O5/c1-8-5-9-7-13(22)16-17(14(9)12(21)6-8)18(23)10-3-2-4-11(20)15(10)19(16)24/h2-6,20-21H,7H2,1H3. The van der Waals surface area contributed by atoms with E-state index < -0.39 is 17.3 Å². The molecule has 0 amide bonds. The van der Waals surface area contributed by atoms with Crippen molar-refractivity contribution in [3.05, 3.63) is 63.7 Å². The second-order valence-corrected chi connectivity index (χ2v) is 6.03. The highest BCUT2D eigenvalue weighted by atomic mass is 16.3. The Kier molecular flexibility index (Phi) is 2.78. The number of aryl methyl sites for hydroxylation is 1. The number of phenols is 2. The summed E-state index contributed by atoms with van der Waals surface area (Å²) in [7, 11) is 0. The Morgan fingerprint density at radius 1 is 0.875 bits per heavy atom. The summed E-state index contributed by atoms with van der Waals surface area (Å²) in [6.07, 6.45) is -0.0641. The molecule has 4 rings (SSSR count). The zero-order valence-electron chi connectivity index (χ0n) is 12.7. The summed E-state index contributed by atoms with van der Waals surface area (Å²) < 4.78 is 0. The summed E-state index contributed by atoms with van der Waals surface area (Å²) in [4.78, 5) is 38.1. The van der Waals surface area contributed by atoms with Gasteiger partial charge in [0.1, 0.15) is 11.5 Å². The van der Waals surface area contributed by atoms with E-state index in [1.165, 1.54) is 24.3 Å².